The lowest BCUT2D eigenvalue weighted by Crippen LogP contribution is -2.36. The van der Waals surface area contributed by atoms with E-state index in [-0.39, 0.29) is 24.0 Å². The molecule has 0 saturated carbocycles. The predicted molar refractivity (Wildman–Crippen MR) is 87.5 cm³/mol. The van der Waals surface area contributed by atoms with Crippen molar-refractivity contribution in [3.05, 3.63) is 64.7 Å². The van der Waals surface area contributed by atoms with E-state index in [1.807, 2.05) is 0 Å². The van der Waals surface area contributed by atoms with E-state index in [0.717, 1.165) is 6.07 Å². The molecule has 2 aromatic rings. The first-order chi connectivity index (χ1) is 11.4. The molecule has 7 heteroatoms. The lowest BCUT2D eigenvalue weighted by molar-refractivity contribution is -0.133. The van der Waals surface area contributed by atoms with E-state index in [1.54, 1.807) is 18.2 Å². The van der Waals surface area contributed by atoms with Gasteiger partial charge in [-0.05, 0) is 24.3 Å². The normalized spacial score (nSPS) is 10.3. The van der Waals surface area contributed by atoms with Crippen LogP contribution in [0.3, 0.4) is 0 Å². The molecule has 0 aliphatic carbocycles. The molecule has 1 N–H and O–H groups in total. The van der Waals surface area contributed by atoms with Gasteiger partial charge in [0.1, 0.15) is 18.2 Å². The van der Waals surface area contributed by atoms with Gasteiger partial charge in [0, 0.05) is 24.7 Å². The molecule has 126 valence electrons. The van der Waals surface area contributed by atoms with Crippen LogP contribution in [0, 0.1) is 11.6 Å². The number of benzene rings is 2. The summed E-state index contributed by atoms with van der Waals surface area (Å²) in [6.45, 7) is 1.00. The Kier molecular flexibility index (Phi) is 5.87. The van der Waals surface area contributed by atoms with Crippen LogP contribution in [-0.2, 0) is 16.1 Å². The number of nitrogens with one attached hydrogen (secondary N) is 1. The van der Waals surface area contributed by atoms with Gasteiger partial charge in [0.15, 0.2) is 0 Å². The Labute approximate surface area is 143 Å². The van der Waals surface area contributed by atoms with Crippen LogP contribution in [0.4, 0.5) is 14.5 Å². The van der Waals surface area contributed by atoms with E-state index in [4.69, 9.17) is 11.6 Å². The van der Waals surface area contributed by atoms with Gasteiger partial charge in [0.25, 0.3) is 0 Å². The summed E-state index contributed by atoms with van der Waals surface area (Å²) in [5, 5.41) is 2.40. The van der Waals surface area contributed by atoms with Crippen molar-refractivity contribution >= 4 is 29.1 Å². The average Bonchev–Trinajstić information content (AvgIpc) is 2.52. The van der Waals surface area contributed by atoms with Crippen LogP contribution < -0.4 is 5.32 Å². The summed E-state index contributed by atoms with van der Waals surface area (Å²) < 4.78 is 26.8. The first kappa shape index (κ1) is 17.9. The Bertz CT molecular complexity index is 768. The van der Waals surface area contributed by atoms with Crippen LogP contribution in [0.15, 0.2) is 42.5 Å². The Morgan fingerprint density at radius 3 is 2.46 bits per heavy atom. The zero-order chi connectivity index (χ0) is 17.7. The fourth-order valence-electron chi connectivity index (χ4n) is 2.06. The second-order valence-electron chi connectivity index (χ2n) is 5.14. The van der Waals surface area contributed by atoms with Crippen LogP contribution >= 0.6 is 11.6 Å². The van der Waals surface area contributed by atoms with Crippen molar-refractivity contribution < 1.29 is 18.4 Å². The van der Waals surface area contributed by atoms with Crippen LogP contribution in [0.25, 0.3) is 0 Å². The molecule has 0 spiro atoms. The van der Waals surface area contributed by atoms with Gasteiger partial charge in [-0.3, -0.25) is 9.59 Å². The fourth-order valence-corrected chi connectivity index (χ4v) is 2.24. The molecule has 2 amide bonds. The van der Waals surface area contributed by atoms with Crippen molar-refractivity contribution in [3.63, 3.8) is 0 Å². The number of hydrogen-bond donors (Lipinski definition) is 1. The van der Waals surface area contributed by atoms with Gasteiger partial charge in [0.2, 0.25) is 11.8 Å². The van der Waals surface area contributed by atoms with Gasteiger partial charge in [-0.2, -0.15) is 0 Å². The quantitative estimate of drug-likeness (QED) is 0.893. The molecule has 2 rings (SSSR count). The highest BCUT2D eigenvalue weighted by Crippen LogP contribution is 2.19. The first-order valence-corrected chi connectivity index (χ1v) is 7.48. The molecule has 0 aliphatic heterocycles. The SMILES string of the molecule is CC(=O)N(CC(=O)Nc1ccc(F)c(Cl)c1)Cc1ccccc1F. The number of carbonyl (C=O) groups excluding carboxylic acids is 2. The van der Waals surface area contributed by atoms with Gasteiger partial charge in [0.05, 0.1) is 5.02 Å². The molecular formula is C17H15ClF2N2O2. The largest absolute Gasteiger partial charge is 0.329 e. The lowest BCUT2D eigenvalue weighted by atomic mass is 10.2. The number of carbonyl (C=O) groups is 2. The summed E-state index contributed by atoms with van der Waals surface area (Å²) in [6, 6.07) is 9.77. The average molecular weight is 353 g/mol. The fraction of sp³-hybridized carbons (Fsp3) is 0.176. The molecular weight excluding hydrogens is 338 g/mol. The third kappa shape index (κ3) is 4.76. The van der Waals surface area contributed by atoms with Gasteiger partial charge in [-0.15, -0.1) is 0 Å². The number of hydrogen-bond acceptors (Lipinski definition) is 2. The molecule has 0 saturated heterocycles. The van der Waals surface area contributed by atoms with Crippen molar-refractivity contribution in [3.8, 4) is 0 Å². The summed E-state index contributed by atoms with van der Waals surface area (Å²) in [6.07, 6.45) is 0. The summed E-state index contributed by atoms with van der Waals surface area (Å²) in [5.41, 5.74) is 0.617. The highest BCUT2D eigenvalue weighted by molar-refractivity contribution is 6.31. The van der Waals surface area contributed by atoms with Gasteiger partial charge in [-0.25, -0.2) is 8.78 Å². The second kappa shape index (κ2) is 7.88. The van der Waals surface area contributed by atoms with E-state index in [2.05, 4.69) is 5.32 Å². The summed E-state index contributed by atoms with van der Waals surface area (Å²) in [5.74, 6) is -1.91. The summed E-state index contributed by atoms with van der Waals surface area (Å²) in [4.78, 5) is 25.0. The zero-order valence-corrected chi connectivity index (χ0v) is 13.6. The van der Waals surface area contributed by atoms with Crippen LogP contribution in [0.5, 0.6) is 0 Å². The van der Waals surface area contributed by atoms with E-state index < -0.39 is 17.5 Å². The highest BCUT2D eigenvalue weighted by atomic mass is 35.5. The van der Waals surface area contributed by atoms with Crippen LogP contribution in [-0.4, -0.2) is 23.3 Å². The third-order valence-electron chi connectivity index (χ3n) is 3.30. The Hall–Kier alpha value is -2.47. The molecule has 0 atom stereocenters. The summed E-state index contributed by atoms with van der Waals surface area (Å²) >= 11 is 5.65. The second-order valence-corrected chi connectivity index (χ2v) is 5.55. The molecule has 0 fully saturated rings. The number of nitrogens with zero attached hydrogens (tertiary/aromatic N) is 1. The maximum absolute atomic E-state index is 13.7. The Balaban J connectivity index is 2.04. The van der Waals surface area contributed by atoms with E-state index in [1.165, 1.54) is 30.0 Å². The molecule has 0 bridgehead atoms. The number of amides is 2. The minimum atomic E-state index is -0.598. The van der Waals surface area contributed by atoms with Crippen molar-refractivity contribution in [2.75, 3.05) is 11.9 Å². The highest BCUT2D eigenvalue weighted by Gasteiger charge is 2.16. The molecule has 0 aliphatic rings. The minimum absolute atomic E-state index is 0.0282. The number of rotatable bonds is 5. The van der Waals surface area contributed by atoms with E-state index in [9.17, 15) is 18.4 Å². The number of halogens is 3. The van der Waals surface area contributed by atoms with Gasteiger partial charge >= 0.3 is 0 Å². The number of anilines is 1. The molecule has 0 unspecified atom stereocenters. The van der Waals surface area contributed by atoms with Crippen LogP contribution in [0.2, 0.25) is 5.02 Å². The topological polar surface area (TPSA) is 49.4 Å². The molecule has 0 heterocycles. The van der Waals surface area contributed by atoms with E-state index >= 15 is 0 Å². The lowest BCUT2D eigenvalue weighted by Gasteiger charge is -2.21. The molecule has 2 aromatic carbocycles. The van der Waals surface area contributed by atoms with E-state index in [0.29, 0.717) is 11.3 Å². The van der Waals surface area contributed by atoms with Gasteiger partial charge in [-0.1, -0.05) is 29.8 Å². The molecule has 4 nitrogen and oxygen atoms in total. The zero-order valence-electron chi connectivity index (χ0n) is 12.9. The summed E-state index contributed by atoms with van der Waals surface area (Å²) in [7, 11) is 0. The Morgan fingerprint density at radius 1 is 1.12 bits per heavy atom. The van der Waals surface area contributed by atoms with Gasteiger partial charge < -0.3 is 10.2 Å². The van der Waals surface area contributed by atoms with Crippen molar-refractivity contribution in [2.45, 2.75) is 13.5 Å². The molecule has 24 heavy (non-hydrogen) atoms. The van der Waals surface area contributed by atoms with Crippen molar-refractivity contribution in [1.82, 2.24) is 4.90 Å². The van der Waals surface area contributed by atoms with Crippen LogP contribution in [0.1, 0.15) is 12.5 Å². The maximum atomic E-state index is 13.7. The third-order valence-corrected chi connectivity index (χ3v) is 3.59. The maximum Gasteiger partial charge on any atom is 0.244 e. The standard InChI is InChI=1S/C17H15ClF2N2O2/c1-11(23)22(9-12-4-2-3-5-15(12)19)10-17(24)21-13-6-7-16(20)14(18)8-13/h2-8H,9-10H2,1H3,(H,21,24). The smallest absolute Gasteiger partial charge is 0.244 e. The predicted octanol–water partition coefficient (Wildman–Crippen LogP) is 3.61. The molecule has 0 aromatic heterocycles. The van der Waals surface area contributed by atoms with Crippen molar-refractivity contribution in [1.29, 1.82) is 0 Å². The monoisotopic (exact) mass is 352 g/mol. The van der Waals surface area contributed by atoms with Crippen molar-refractivity contribution in [2.24, 2.45) is 0 Å². The Morgan fingerprint density at radius 2 is 1.83 bits per heavy atom. The molecule has 0 radical (unpaired) electrons. The first-order valence-electron chi connectivity index (χ1n) is 7.10. The minimum Gasteiger partial charge on any atom is -0.329 e.